The molecule has 5 heteroatoms. The number of aromatic amines is 1. The van der Waals surface area contributed by atoms with Crippen LogP contribution in [-0.2, 0) is 0 Å². The Morgan fingerprint density at radius 2 is 2.35 bits per heavy atom. The molecule has 17 heavy (non-hydrogen) atoms. The van der Waals surface area contributed by atoms with Crippen LogP contribution in [0.15, 0.2) is 6.07 Å². The molecular formula is C12H20N4O. The molecule has 1 aliphatic carbocycles. The minimum atomic E-state index is -0.117. The molecule has 0 aromatic carbocycles. The van der Waals surface area contributed by atoms with Crippen molar-refractivity contribution < 1.29 is 4.79 Å². The first-order valence-electron chi connectivity index (χ1n) is 6.11. The van der Waals surface area contributed by atoms with Gasteiger partial charge in [0.25, 0.3) is 5.91 Å². The summed E-state index contributed by atoms with van der Waals surface area (Å²) in [6, 6.07) is 1.79. The summed E-state index contributed by atoms with van der Waals surface area (Å²) in [5.74, 6) is 0.229. The Kier molecular flexibility index (Phi) is 3.09. The lowest BCUT2D eigenvalue weighted by Gasteiger charge is -2.38. The van der Waals surface area contributed by atoms with Crippen molar-refractivity contribution in [2.45, 2.75) is 45.6 Å². The van der Waals surface area contributed by atoms with Crippen molar-refractivity contribution in [3.8, 4) is 0 Å². The van der Waals surface area contributed by atoms with E-state index in [1.165, 1.54) is 12.8 Å². The van der Waals surface area contributed by atoms with E-state index in [1.807, 2.05) is 0 Å². The number of carbonyl (C=O) groups excluding carboxylic acids is 1. The summed E-state index contributed by atoms with van der Waals surface area (Å²) in [4.78, 5) is 12.0. The SMILES string of the molecule is CC1(C)CCCCC1NC(=O)c1cc(N)n[nH]1. The summed E-state index contributed by atoms with van der Waals surface area (Å²) in [7, 11) is 0. The Hall–Kier alpha value is -1.52. The lowest BCUT2D eigenvalue weighted by atomic mass is 9.73. The van der Waals surface area contributed by atoms with Gasteiger partial charge >= 0.3 is 0 Å². The van der Waals surface area contributed by atoms with E-state index < -0.39 is 0 Å². The predicted molar refractivity (Wildman–Crippen MR) is 66.5 cm³/mol. The van der Waals surface area contributed by atoms with Crippen molar-refractivity contribution in [2.75, 3.05) is 5.73 Å². The number of nitrogens with two attached hydrogens (primary N) is 1. The van der Waals surface area contributed by atoms with Gasteiger partial charge in [0.15, 0.2) is 0 Å². The highest BCUT2D eigenvalue weighted by atomic mass is 16.2. The number of hydrogen-bond acceptors (Lipinski definition) is 3. The molecular weight excluding hydrogens is 216 g/mol. The highest BCUT2D eigenvalue weighted by molar-refractivity contribution is 5.93. The van der Waals surface area contributed by atoms with Crippen LogP contribution in [-0.4, -0.2) is 22.1 Å². The van der Waals surface area contributed by atoms with Gasteiger partial charge in [0, 0.05) is 12.1 Å². The summed E-state index contributed by atoms with van der Waals surface area (Å²) in [6.07, 6.45) is 4.63. The number of nitrogen functional groups attached to an aromatic ring is 1. The minimum Gasteiger partial charge on any atom is -0.382 e. The first-order chi connectivity index (χ1) is 7.99. The Morgan fingerprint density at radius 1 is 1.59 bits per heavy atom. The average Bonchev–Trinajstić information content (AvgIpc) is 2.68. The second kappa shape index (κ2) is 4.39. The molecule has 4 N–H and O–H groups in total. The number of nitrogens with zero attached hydrogens (tertiary/aromatic N) is 1. The van der Waals surface area contributed by atoms with E-state index >= 15 is 0 Å². The number of hydrogen-bond donors (Lipinski definition) is 3. The fourth-order valence-corrected chi connectivity index (χ4v) is 2.45. The molecule has 0 spiro atoms. The molecule has 1 amide bonds. The van der Waals surface area contributed by atoms with Crippen molar-refractivity contribution in [1.29, 1.82) is 0 Å². The topological polar surface area (TPSA) is 83.8 Å². The maximum absolute atomic E-state index is 12.0. The molecule has 0 aliphatic heterocycles. The van der Waals surface area contributed by atoms with Gasteiger partial charge in [-0.3, -0.25) is 9.89 Å². The molecule has 1 unspecified atom stereocenters. The van der Waals surface area contributed by atoms with Gasteiger partial charge in [-0.2, -0.15) is 5.10 Å². The van der Waals surface area contributed by atoms with Crippen LogP contribution in [0.4, 0.5) is 5.82 Å². The molecule has 1 aliphatic rings. The van der Waals surface area contributed by atoms with Crippen LogP contribution in [0.25, 0.3) is 0 Å². The van der Waals surface area contributed by atoms with Crippen LogP contribution in [0, 0.1) is 5.41 Å². The molecule has 1 heterocycles. The monoisotopic (exact) mass is 236 g/mol. The van der Waals surface area contributed by atoms with Gasteiger partial charge < -0.3 is 11.1 Å². The lowest BCUT2D eigenvalue weighted by Crippen LogP contribution is -2.46. The zero-order valence-electron chi connectivity index (χ0n) is 10.4. The standard InChI is InChI=1S/C12H20N4O/c1-12(2)6-4-3-5-9(12)14-11(17)8-7-10(13)16-15-8/h7,9H,3-6H2,1-2H3,(H,14,17)(H3,13,15,16). The third kappa shape index (κ3) is 2.60. The van der Waals surface area contributed by atoms with Gasteiger partial charge in [0.05, 0.1) is 0 Å². The second-order valence-electron chi connectivity index (χ2n) is 5.47. The summed E-state index contributed by atoms with van der Waals surface area (Å²) in [6.45, 7) is 4.41. The molecule has 0 saturated heterocycles. The zero-order chi connectivity index (χ0) is 12.5. The van der Waals surface area contributed by atoms with Crippen LogP contribution >= 0.6 is 0 Å². The molecule has 1 aromatic rings. The van der Waals surface area contributed by atoms with Gasteiger partial charge in [-0.1, -0.05) is 26.7 Å². The number of nitrogens with one attached hydrogen (secondary N) is 2. The van der Waals surface area contributed by atoms with E-state index in [1.54, 1.807) is 6.07 Å². The van der Waals surface area contributed by atoms with Gasteiger partial charge in [0.2, 0.25) is 0 Å². The number of carbonyl (C=O) groups is 1. The molecule has 1 aromatic heterocycles. The highest BCUT2D eigenvalue weighted by Gasteiger charge is 2.33. The zero-order valence-corrected chi connectivity index (χ0v) is 10.4. The predicted octanol–water partition coefficient (Wildman–Crippen LogP) is 1.69. The fourth-order valence-electron chi connectivity index (χ4n) is 2.45. The van der Waals surface area contributed by atoms with Crippen molar-refractivity contribution >= 4 is 11.7 Å². The van der Waals surface area contributed by atoms with Crippen LogP contribution in [0.3, 0.4) is 0 Å². The van der Waals surface area contributed by atoms with Crippen LogP contribution in [0.1, 0.15) is 50.0 Å². The molecule has 2 rings (SSSR count). The van der Waals surface area contributed by atoms with Crippen LogP contribution in [0.5, 0.6) is 0 Å². The maximum atomic E-state index is 12.0. The molecule has 0 radical (unpaired) electrons. The van der Waals surface area contributed by atoms with Crippen molar-refractivity contribution in [1.82, 2.24) is 15.5 Å². The summed E-state index contributed by atoms with van der Waals surface area (Å²) < 4.78 is 0. The van der Waals surface area contributed by atoms with Gasteiger partial charge in [-0.05, 0) is 18.3 Å². The van der Waals surface area contributed by atoms with Gasteiger partial charge in [0.1, 0.15) is 11.5 Å². The number of H-pyrrole nitrogens is 1. The first-order valence-corrected chi connectivity index (χ1v) is 6.11. The maximum Gasteiger partial charge on any atom is 0.269 e. The van der Waals surface area contributed by atoms with E-state index in [4.69, 9.17) is 5.73 Å². The normalized spacial score (nSPS) is 23.3. The Morgan fingerprint density at radius 3 is 2.94 bits per heavy atom. The Labute approximate surface area is 101 Å². The smallest absolute Gasteiger partial charge is 0.269 e. The van der Waals surface area contributed by atoms with Crippen molar-refractivity contribution in [3.63, 3.8) is 0 Å². The lowest BCUT2D eigenvalue weighted by molar-refractivity contribution is 0.0848. The molecule has 1 atom stereocenters. The summed E-state index contributed by atoms with van der Waals surface area (Å²) in [5, 5.41) is 9.47. The Balaban J connectivity index is 2.03. The third-order valence-electron chi connectivity index (χ3n) is 3.65. The van der Waals surface area contributed by atoms with E-state index in [-0.39, 0.29) is 17.4 Å². The average molecular weight is 236 g/mol. The number of amides is 1. The summed E-state index contributed by atoms with van der Waals surface area (Å²) in [5.41, 5.74) is 6.08. The summed E-state index contributed by atoms with van der Waals surface area (Å²) >= 11 is 0. The molecule has 5 nitrogen and oxygen atoms in total. The van der Waals surface area contributed by atoms with Crippen LogP contribution < -0.4 is 11.1 Å². The van der Waals surface area contributed by atoms with E-state index in [2.05, 4.69) is 29.4 Å². The molecule has 1 fully saturated rings. The second-order valence-corrected chi connectivity index (χ2v) is 5.47. The molecule has 0 bridgehead atoms. The quantitative estimate of drug-likeness (QED) is 0.730. The van der Waals surface area contributed by atoms with Crippen LogP contribution in [0.2, 0.25) is 0 Å². The highest BCUT2D eigenvalue weighted by Crippen LogP contribution is 2.35. The first kappa shape index (κ1) is 12.0. The molecule has 94 valence electrons. The van der Waals surface area contributed by atoms with Crippen molar-refractivity contribution in [2.24, 2.45) is 5.41 Å². The van der Waals surface area contributed by atoms with E-state index in [0.717, 1.165) is 12.8 Å². The number of anilines is 1. The number of rotatable bonds is 2. The minimum absolute atomic E-state index is 0.117. The molecule has 1 saturated carbocycles. The fraction of sp³-hybridized carbons (Fsp3) is 0.667. The van der Waals surface area contributed by atoms with Gasteiger partial charge in [-0.15, -0.1) is 0 Å². The Bertz CT molecular complexity index is 410. The third-order valence-corrected chi connectivity index (χ3v) is 3.65. The van der Waals surface area contributed by atoms with E-state index in [9.17, 15) is 4.79 Å². The number of aromatic nitrogens is 2. The van der Waals surface area contributed by atoms with E-state index in [0.29, 0.717) is 11.5 Å². The van der Waals surface area contributed by atoms with Crippen molar-refractivity contribution in [3.05, 3.63) is 11.8 Å². The largest absolute Gasteiger partial charge is 0.382 e. The van der Waals surface area contributed by atoms with Gasteiger partial charge in [-0.25, -0.2) is 0 Å².